The van der Waals surface area contributed by atoms with Gasteiger partial charge >= 0.3 is 5.97 Å². The van der Waals surface area contributed by atoms with Gasteiger partial charge in [-0.2, -0.15) is 0 Å². The number of hydrogen-bond donors (Lipinski definition) is 2. The zero-order valence-electron chi connectivity index (χ0n) is 12.1. The van der Waals surface area contributed by atoms with Gasteiger partial charge in [-0.05, 0) is 37.6 Å². The van der Waals surface area contributed by atoms with E-state index in [9.17, 15) is 4.79 Å². The number of hydrogen-bond acceptors (Lipinski definition) is 4. The zero-order chi connectivity index (χ0) is 14.8. The van der Waals surface area contributed by atoms with E-state index in [1.165, 1.54) is 6.42 Å². The molecular formula is C15H23NO4. The molecule has 5 heteroatoms. The molecule has 0 atom stereocenters. The first kappa shape index (κ1) is 16.3. The van der Waals surface area contributed by atoms with Crippen LogP contribution in [0.4, 0.5) is 0 Å². The van der Waals surface area contributed by atoms with Gasteiger partial charge in [0.05, 0.1) is 6.61 Å². The summed E-state index contributed by atoms with van der Waals surface area (Å²) >= 11 is 0. The quantitative estimate of drug-likeness (QED) is 0.645. The third kappa shape index (κ3) is 5.93. The molecule has 0 fully saturated rings. The highest BCUT2D eigenvalue weighted by Gasteiger charge is 2.08. The molecule has 5 nitrogen and oxygen atoms in total. The molecule has 0 saturated carbocycles. The average molecular weight is 281 g/mol. The summed E-state index contributed by atoms with van der Waals surface area (Å²) in [5, 5.41) is 12.0. The van der Waals surface area contributed by atoms with Gasteiger partial charge < -0.3 is 19.9 Å². The molecule has 0 radical (unpaired) electrons. The lowest BCUT2D eigenvalue weighted by molar-refractivity contribution is -0.139. The molecule has 1 aromatic rings. The van der Waals surface area contributed by atoms with Gasteiger partial charge in [-0.1, -0.05) is 19.4 Å². The minimum absolute atomic E-state index is 0.367. The molecule has 0 heterocycles. The molecule has 0 saturated heterocycles. The summed E-state index contributed by atoms with van der Waals surface area (Å²) < 4.78 is 10.7. The second-order valence-corrected chi connectivity index (χ2v) is 4.43. The van der Waals surface area contributed by atoms with Crippen molar-refractivity contribution in [1.29, 1.82) is 0 Å². The van der Waals surface area contributed by atoms with E-state index >= 15 is 0 Å². The van der Waals surface area contributed by atoms with Crippen molar-refractivity contribution in [2.75, 3.05) is 19.8 Å². The first-order valence-electron chi connectivity index (χ1n) is 6.98. The first-order chi connectivity index (χ1) is 9.67. The van der Waals surface area contributed by atoms with E-state index in [0.717, 1.165) is 25.1 Å². The number of carboxylic acid groups (broad SMARTS) is 1. The van der Waals surface area contributed by atoms with E-state index in [2.05, 4.69) is 12.2 Å². The van der Waals surface area contributed by atoms with Gasteiger partial charge in [0, 0.05) is 6.54 Å². The summed E-state index contributed by atoms with van der Waals surface area (Å²) in [4.78, 5) is 10.5. The normalized spacial score (nSPS) is 10.3. The lowest BCUT2D eigenvalue weighted by Crippen LogP contribution is -2.15. The van der Waals surface area contributed by atoms with Crippen LogP contribution >= 0.6 is 0 Å². The zero-order valence-corrected chi connectivity index (χ0v) is 12.1. The maximum Gasteiger partial charge on any atom is 0.341 e. The summed E-state index contributed by atoms with van der Waals surface area (Å²) in [5.74, 6) is 0.0489. The van der Waals surface area contributed by atoms with Crippen LogP contribution in [0.1, 0.15) is 32.3 Å². The number of carbonyl (C=O) groups is 1. The summed E-state index contributed by atoms with van der Waals surface area (Å²) in [6.45, 7) is 5.93. The Hall–Kier alpha value is -1.75. The number of aliphatic carboxylic acids is 1. The molecule has 0 bridgehead atoms. The number of unbranched alkanes of at least 4 members (excludes halogenated alkanes) is 1. The van der Waals surface area contributed by atoms with E-state index in [0.29, 0.717) is 18.1 Å². The van der Waals surface area contributed by atoms with Gasteiger partial charge in [0.25, 0.3) is 0 Å². The molecule has 0 aliphatic carbocycles. The molecule has 0 aliphatic rings. The molecule has 0 amide bonds. The first-order valence-corrected chi connectivity index (χ1v) is 6.98. The maximum atomic E-state index is 10.5. The van der Waals surface area contributed by atoms with Crippen molar-refractivity contribution in [3.8, 4) is 11.5 Å². The predicted molar refractivity (Wildman–Crippen MR) is 77.4 cm³/mol. The number of ether oxygens (including phenoxy) is 2. The summed E-state index contributed by atoms with van der Waals surface area (Å²) in [6.07, 6.45) is 2.32. The number of rotatable bonds is 10. The minimum Gasteiger partial charge on any atom is -0.490 e. The van der Waals surface area contributed by atoms with Crippen LogP contribution in [0.5, 0.6) is 11.5 Å². The van der Waals surface area contributed by atoms with Crippen molar-refractivity contribution < 1.29 is 19.4 Å². The third-order valence-corrected chi connectivity index (χ3v) is 2.70. The van der Waals surface area contributed by atoms with Crippen LogP contribution in [0.15, 0.2) is 18.2 Å². The van der Waals surface area contributed by atoms with Crippen LogP contribution < -0.4 is 14.8 Å². The van der Waals surface area contributed by atoms with Crippen molar-refractivity contribution >= 4 is 5.97 Å². The highest BCUT2D eigenvalue weighted by molar-refractivity contribution is 5.68. The predicted octanol–water partition coefficient (Wildman–Crippen LogP) is 2.44. The van der Waals surface area contributed by atoms with E-state index < -0.39 is 5.97 Å². The van der Waals surface area contributed by atoms with Gasteiger partial charge in [-0.25, -0.2) is 4.79 Å². The molecule has 2 N–H and O–H groups in total. The van der Waals surface area contributed by atoms with E-state index in [1.54, 1.807) is 6.07 Å². The van der Waals surface area contributed by atoms with Crippen LogP contribution in [0.25, 0.3) is 0 Å². The number of nitrogens with one attached hydrogen (secondary N) is 1. The van der Waals surface area contributed by atoms with E-state index in [4.69, 9.17) is 14.6 Å². The molecule has 112 valence electrons. The summed E-state index contributed by atoms with van der Waals surface area (Å²) in [6, 6.07) is 5.56. The highest BCUT2D eigenvalue weighted by atomic mass is 16.5. The Morgan fingerprint density at radius 3 is 2.70 bits per heavy atom. The Kier molecular flexibility index (Phi) is 7.50. The molecule has 1 aromatic carbocycles. The fourth-order valence-electron chi connectivity index (χ4n) is 1.72. The Bertz CT molecular complexity index is 420. The largest absolute Gasteiger partial charge is 0.490 e. The van der Waals surface area contributed by atoms with Crippen molar-refractivity contribution in [2.45, 2.75) is 33.2 Å². The van der Waals surface area contributed by atoms with Crippen LogP contribution in [-0.4, -0.2) is 30.8 Å². The monoisotopic (exact) mass is 281 g/mol. The third-order valence-electron chi connectivity index (χ3n) is 2.70. The van der Waals surface area contributed by atoms with Gasteiger partial charge in [0.1, 0.15) is 0 Å². The van der Waals surface area contributed by atoms with Crippen LogP contribution in [-0.2, 0) is 11.3 Å². The van der Waals surface area contributed by atoms with E-state index in [1.807, 2.05) is 19.1 Å². The van der Waals surface area contributed by atoms with Gasteiger partial charge in [-0.15, -0.1) is 0 Å². The second kappa shape index (κ2) is 9.20. The standard InChI is InChI=1S/C15H23NO4/c1-3-5-8-16-10-12-6-7-13(20-11-15(17)18)14(9-12)19-4-2/h6-7,9,16H,3-5,8,10-11H2,1-2H3,(H,17,18). The molecular weight excluding hydrogens is 258 g/mol. The molecule has 0 aliphatic heterocycles. The van der Waals surface area contributed by atoms with Crippen molar-refractivity contribution in [3.05, 3.63) is 23.8 Å². The van der Waals surface area contributed by atoms with Crippen molar-refractivity contribution in [1.82, 2.24) is 5.32 Å². The van der Waals surface area contributed by atoms with Gasteiger partial charge in [0.15, 0.2) is 18.1 Å². The SMILES string of the molecule is CCCCNCc1ccc(OCC(=O)O)c(OCC)c1. The van der Waals surface area contributed by atoms with Gasteiger partial charge in [0.2, 0.25) is 0 Å². The van der Waals surface area contributed by atoms with Crippen LogP contribution in [0.2, 0.25) is 0 Å². The Morgan fingerprint density at radius 1 is 1.25 bits per heavy atom. The Labute approximate surface area is 119 Å². The molecule has 20 heavy (non-hydrogen) atoms. The fourth-order valence-corrected chi connectivity index (χ4v) is 1.72. The molecule has 1 rings (SSSR count). The Morgan fingerprint density at radius 2 is 2.05 bits per heavy atom. The fraction of sp³-hybridized carbons (Fsp3) is 0.533. The number of carboxylic acids is 1. The molecule has 0 unspecified atom stereocenters. The van der Waals surface area contributed by atoms with Crippen molar-refractivity contribution in [2.24, 2.45) is 0 Å². The molecule has 0 spiro atoms. The Balaban J connectivity index is 2.65. The topological polar surface area (TPSA) is 67.8 Å². The second-order valence-electron chi connectivity index (χ2n) is 4.43. The van der Waals surface area contributed by atoms with Crippen LogP contribution in [0.3, 0.4) is 0 Å². The van der Waals surface area contributed by atoms with E-state index in [-0.39, 0.29) is 6.61 Å². The number of benzene rings is 1. The minimum atomic E-state index is -1.00. The highest BCUT2D eigenvalue weighted by Crippen LogP contribution is 2.28. The van der Waals surface area contributed by atoms with Crippen LogP contribution in [0, 0.1) is 0 Å². The summed E-state index contributed by atoms with van der Waals surface area (Å²) in [5.41, 5.74) is 1.09. The lowest BCUT2D eigenvalue weighted by atomic mass is 10.2. The summed E-state index contributed by atoms with van der Waals surface area (Å²) in [7, 11) is 0. The van der Waals surface area contributed by atoms with Crippen molar-refractivity contribution in [3.63, 3.8) is 0 Å². The molecule has 0 aromatic heterocycles. The lowest BCUT2D eigenvalue weighted by Gasteiger charge is -2.12. The average Bonchev–Trinajstić information content (AvgIpc) is 2.43. The van der Waals surface area contributed by atoms with Gasteiger partial charge in [-0.3, -0.25) is 0 Å². The smallest absolute Gasteiger partial charge is 0.341 e. The maximum absolute atomic E-state index is 10.5.